The highest BCUT2D eigenvalue weighted by molar-refractivity contribution is 6.31. The molecule has 2 N–H and O–H groups in total. The molecule has 16 heavy (non-hydrogen) atoms. The number of hydrogen-bond donors (Lipinski definition) is 1. The van der Waals surface area contributed by atoms with E-state index in [9.17, 15) is 0 Å². The second kappa shape index (κ2) is 3.51. The minimum Gasteiger partial charge on any atom is -0.350 e. The van der Waals surface area contributed by atoms with E-state index >= 15 is 0 Å². The molecule has 1 aromatic carbocycles. The first-order chi connectivity index (χ1) is 7.70. The summed E-state index contributed by atoms with van der Waals surface area (Å²) in [6.45, 7) is 0.800. The monoisotopic (exact) mass is 234 g/mol. The van der Waals surface area contributed by atoms with Gasteiger partial charge in [0.1, 0.15) is 0 Å². The van der Waals surface area contributed by atoms with Crippen molar-refractivity contribution in [3.63, 3.8) is 0 Å². The predicted molar refractivity (Wildman–Crippen MR) is 67.8 cm³/mol. The Morgan fingerprint density at radius 2 is 2.31 bits per heavy atom. The van der Waals surface area contributed by atoms with E-state index in [1.807, 2.05) is 12.1 Å². The van der Waals surface area contributed by atoms with Crippen LogP contribution in [0.25, 0.3) is 10.9 Å². The molecule has 2 aromatic rings. The van der Waals surface area contributed by atoms with Crippen LogP contribution in [0.15, 0.2) is 24.4 Å². The Balaban J connectivity index is 2.13. The summed E-state index contributed by atoms with van der Waals surface area (Å²) in [5, 5.41) is 2.12. The maximum atomic E-state index is 6.02. The molecule has 1 aliphatic rings. The number of hydrogen-bond acceptors (Lipinski definition) is 1. The summed E-state index contributed by atoms with van der Waals surface area (Å²) in [6.07, 6.45) is 3.46. The molecule has 3 rings (SSSR count). The number of nitrogens with zero attached hydrogens (tertiary/aromatic N) is 1. The molecule has 0 spiro atoms. The lowest BCUT2D eigenvalue weighted by molar-refractivity contribution is 0.809. The summed E-state index contributed by atoms with van der Waals surface area (Å²) in [6, 6.07) is 6.12. The van der Waals surface area contributed by atoms with Crippen LogP contribution < -0.4 is 5.73 Å². The molecule has 0 amide bonds. The fourth-order valence-electron chi connectivity index (χ4n) is 2.57. The van der Waals surface area contributed by atoms with Gasteiger partial charge >= 0.3 is 0 Å². The molecule has 1 heterocycles. The second-order valence-corrected chi connectivity index (χ2v) is 5.13. The van der Waals surface area contributed by atoms with Gasteiger partial charge in [-0.2, -0.15) is 0 Å². The Morgan fingerprint density at radius 1 is 1.50 bits per heavy atom. The number of halogens is 1. The molecule has 2 atom stereocenters. The van der Waals surface area contributed by atoms with Gasteiger partial charge in [-0.05, 0) is 42.5 Å². The van der Waals surface area contributed by atoms with Crippen LogP contribution in [0.1, 0.15) is 17.9 Å². The number of nitrogens with two attached hydrogens (primary N) is 1. The summed E-state index contributed by atoms with van der Waals surface area (Å²) >= 11 is 6.02. The third-order valence-corrected chi connectivity index (χ3v) is 3.84. The Hall–Kier alpha value is -0.990. The summed E-state index contributed by atoms with van der Waals surface area (Å²) in [4.78, 5) is 0. The van der Waals surface area contributed by atoms with Crippen molar-refractivity contribution in [3.05, 3.63) is 35.0 Å². The van der Waals surface area contributed by atoms with Gasteiger partial charge in [-0.1, -0.05) is 17.7 Å². The normalized spacial score (nSPS) is 23.9. The lowest BCUT2D eigenvalue weighted by Gasteiger charge is -1.97. The van der Waals surface area contributed by atoms with Crippen molar-refractivity contribution in [2.75, 3.05) is 6.54 Å². The third-order valence-electron chi connectivity index (χ3n) is 3.61. The van der Waals surface area contributed by atoms with Crippen LogP contribution >= 0.6 is 11.6 Å². The molecule has 2 nitrogen and oxygen atoms in total. The average molecular weight is 235 g/mol. The predicted octanol–water partition coefficient (Wildman–Crippen LogP) is 2.89. The van der Waals surface area contributed by atoms with Gasteiger partial charge in [0.2, 0.25) is 0 Å². The molecule has 1 saturated carbocycles. The third kappa shape index (κ3) is 1.45. The number of benzene rings is 1. The molecular weight excluding hydrogens is 220 g/mol. The van der Waals surface area contributed by atoms with Crippen molar-refractivity contribution in [1.82, 2.24) is 4.57 Å². The first-order valence-corrected chi connectivity index (χ1v) is 6.03. The molecule has 1 aliphatic carbocycles. The fraction of sp³-hybridized carbons (Fsp3) is 0.385. The molecular formula is C13H15ClN2. The van der Waals surface area contributed by atoms with Gasteiger partial charge in [-0.3, -0.25) is 0 Å². The summed E-state index contributed by atoms with van der Waals surface area (Å²) in [5.41, 5.74) is 8.36. The highest BCUT2D eigenvalue weighted by atomic mass is 35.5. The first kappa shape index (κ1) is 10.2. The summed E-state index contributed by atoms with van der Waals surface area (Å²) < 4.78 is 2.16. The van der Waals surface area contributed by atoms with E-state index < -0.39 is 0 Å². The van der Waals surface area contributed by atoms with Crippen LogP contribution in [0.3, 0.4) is 0 Å². The Bertz CT molecular complexity index is 544. The van der Waals surface area contributed by atoms with Crippen molar-refractivity contribution in [3.8, 4) is 0 Å². The van der Waals surface area contributed by atoms with Crippen LogP contribution in [0.4, 0.5) is 0 Å². The molecule has 0 radical (unpaired) electrons. The Morgan fingerprint density at radius 3 is 3.00 bits per heavy atom. The van der Waals surface area contributed by atoms with E-state index in [1.165, 1.54) is 22.9 Å². The van der Waals surface area contributed by atoms with Gasteiger partial charge in [0.05, 0.1) is 0 Å². The van der Waals surface area contributed by atoms with Crippen LogP contribution in [-0.2, 0) is 7.05 Å². The molecule has 84 valence electrons. The van der Waals surface area contributed by atoms with Gasteiger partial charge < -0.3 is 10.3 Å². The van der Waals surface area contributed by atoms with Crippen molar-refractivity contribution in [2.45, 2.75) is 12.3 Å². The smallest absolute Gasteiger partial charge is 0.0495 e. The molecule has 1 aromatic heterocycles. The molecule has 0 saturated heterocycles. The standard InChI is InChI=1S/C13H15ClN2/c1-16-7-12(11-4-8(11)6-15)10-3-2-9(14)5-13(10)16/h2-3,5,7-8,11H,4,6,15H2,1H3/t8-,11+/m0/s1. The largest absolute Gasteiger partial charge is 0.350 e. The van der Waals surface area contributed by atoms with E-state index in [0.29, 0.717) is 11.8 Å². The van der Waals surface area contributed by atoms with E-state index in [2.05, 4.69) is 23.9 Å². The van der Waals surface area contributed by atoms with Crippen LogP contribution in [0.5, 0.6) is 0 Å². The quantitative estimate of drug-likeness (QED) is 0.851. The summed E-state index contributed by atoms with van der Waals surface area (Å²) in [7, 11) is 2.07. The van der Waals surface area contributed by atoms with Crippen LogP contribution in [0.2, 0.25) is 5.02 Å². The zero-order chi connectivity index (χ0) is 11.3. The summed E-state index contributed by atoms with van der Waals surface area (Å²) in [5.74, 6) is 1.34. The number of aromatic nitrogens is 1. The van der Waals surface area contributed by atoms with Crippen molar-refractivity contribution < 1.29 is 0 Å². The van der Waals surface area contributed by atoms with E-state index in [0.717, 1.165) is 11.6 Å². The zero-order valence-corrected chi connectivity index (χ0v) is 10.0. The van der Waals surface area contributed by atoms with Gasteiger partial charge in [0.25, 0.3) is 0 Å². The van der Waals surface area contributed by atoms with Crippen molar-refractivity contribution in [2.24, 2.45) is 18.7 Å². The van der Waals surface area contributed by atoms with Crippen LogP contribution in [-0.4, -0.2) is 11.1 Å². The Labute approximate surface area is 100.0 Å². The van der Waals surface area contributed by atoms with E-state index in [1.54, 1.807) is 0 Å². The molecule has 0 aliphatic heterocycles. The molecule has 0 unspecified atom stereocenters. The first-order valence-electron chi connectivity index (χ1n) is 5.65. The minimum atomic E-state index is 0.662. The Kier molecular flexibility index (Phi) is 2.23. The SMILES string of the molecule is Cn1cc([C@@H]2C[C@H]2CN)c2ccc(Cl)cc21. The number of fused-ring (bicyclic) bond motifs is 1. The maximum absolute atomic E-state index is 6.02. The fourth-order valence-corrected chi connectivity index (χ4v) is 2.74. The lowest BCUT2D eigenvalue weighted by atomic mass is 10.1. The van der Waals surface area contributed by atoms with Crippen molar-refractivity contribution >= 4 is 22.5 Å². The number of aryl methyl sites for hydroxylation is 1. The molecule has 1 fully saturated rings. The van der Waals surface area contributed by atoms with E-state index in [4.69, 9.17) is 17.3 Å². The van der Waals surface area contributed by atoms with Crippen molar-refractivity contribution in [1.29, 1.82) is 0 Å². The molecule has 3 heteroatoms. The number of rotatable bonds is 2. The molecule has 0 bridgehead atoms. The second-order valence-electron chi connectivity index (χ2n) is 4.69. The van der Waals surface area contributed by atoms with Gasteiger partial charge in [0.15, 0.2) is 0 Å². The topological polar surface area (TPSA) is 30.9 Å². The van der Waals surface area contributed by atoms with Gasteiger partial charge in [-0.25, -0.2) is 0 Å². The highest BCUT2D eigenvalue weighted by Crippen LogP contribution is 2.49. The van der Waals surface area contributed by atoms with Crippen LogP contribution in [0, 0.1) is 5.92 Å². The zero-order valence-electron chi connectivity index (χ0n) is 9.28. The van der Waals surface area contributed by atoms with E-state index in [-0.39, 0.29) is 0 Å². The lowest BCUT2D eigenvalue weighted by Crippen LogP contribution is -2.01. The van der Waals surface area contributed by atoms with Gasteiger partial charge in [-0.15, -0.1) is 0 Å². The average Bonchev–Trinajstić information content (AvgIpc) is 2.99. The maximum Gasteiger partial charge on any atom is 0.0495 e. The minimum absolute atomic E-state index is 0.662. The highest BCUT2D eigenvalue weighted by Gasteiger charge is 2.38. The van der Waals surface area contributed by atoms with Gasteiger partial charge in [0, 0.05) is 29.2 Å².